The van der Waals surface area contributed by atoms with Crippen molar-refractivity contribution in [1.82, 2.24) is 4.98 Å². The highest BCUT2D eigenvalue weighted by Crippen LogP contribution is 2.40. The number of carbonyl (C=O) groups is 1. The molecule has 1 heterocycles. The van der Waals surface area contributed by atoms with Gasteiger partial charge in [-0.15, -0.1) is 0 Å². The Hall–Kier alpha value is -1.87. The quantitative estimate of drug-likeness (QED) is 0.562. The van der Waals surface area contributed by atoms with Crippen LogP contribution in [0.1, 0.15) is 74.3 Å². The summed E-state index contributed by atoms with van der Waals surface area (Å²) < 4.78 is 0. The van der Waals surface area contributed by atoms with Gasteiger partial charge in [-0.25, -0.2) is 4.98 Å². The topological polar surface area (TPSA) is 50.2 Å². The molecule has 0 bridgehead atoms. The van der Waals surface area contributed by atoms with E-state index in [0.717, 1.165) is 16.8 Å². The van der Waals surface area contributed by atoms with Crippen molar-refractivity contribution in [3.8, 4) is 5.75 Å². The van der Waals surface area contributed by atoms with Gasteiger partial charge in [0, 0.05) is 22.4 Å². The molecule has 4 heteroatoms. The molecule has 0 unspecified atom stereocenters. The Kier molecular flexibility index (Phi) is 5.02. The van der Waals surface area contributed by atoms with Crippen LogP contribution in [0.4, 0.5) is 0 Å². The standard InChI is InChI=1S/C21H26ClNO2/c1-12-8-9-14(19(22)23-12)17(24)13-10-15(20(2,3)4)18(25)16(11-13)21(5,6)7/h8-11,25H,1-7H3. The number of benzene rings is 1. The highest BCUT2D eigenvalue weighted by atomic mass is 35.5. The predicted octanol–water partition coefficient (Wildman–Crippen LogP) is 5.58. The minimum atomic E-state index is -0.296. The van der Waals surface area contributed by atoms with Gasteiger partial charge in [-0.3, -0.25) is 4.79 Å². The van der Waals surface area contributed by atoms with E-state index in [0.29, 0.717) is 11.1 Å². The van der Waals surface area contributed by atoms with Gasteiger partial charge in [-0.1, -0.05) is 53.1 Å². The minimum Gasteiger partial charge on any atom is -0.507 e. The van der Waals surface area contributed by atoms with E-state index in [-0.39, 0.29) is 27.5 Å². The fraction of sp³-hybridized carbons (Fsp3) is 0.429. The summed E-state index contributed by atoms with van der Waals surface area (Å²) in [5, 5.41) is 11.0. The molecule has 3 nitrogen and oxygen atoms in total. The zero-order valence-electron chi connectivity index (χ0n) is 16.0. The molecule has 0 aliphatic heterocycles. The van der Waals surface area contributed by atoms with Crippen LogP contribution in [0.15, 0.2) is 24.3 Å². The Bertz CT molecular complexity index is 792. The number of aryl methyl sites for hydroxylation is 1. The van der Waals surface area contributed by atoms with Crippen LogP contribution in [0.5, 0.6) is 5.75 Å². The summed E-state index contributed by atoms with van der Waals surface area (Å²) >= 11 is 6.18. The lowest BCUT2D eigenvalue weighted by atomic mass is 9.78. The van der Waals surface area contributed by atoms with E-state index in [2.05, 4.69) is 4.98 Å². The number of hydrogen-bond donors (Lipinski definition) is 1. The zero-order chi connectivity index (χ0) is 19.2. The van der Waals surface area contributed by atoms with Crippen LogP contribution in [0.25, 0.3) is 0 Å². The van der Waals surface area contributed by atoms with E-state index in [1.165, 1.54) is 0 Å². The average molecular weight is 360 g/mol. The van der Waals surface area contributed by atoms with Crippen molar-refractivity contribution >= 4 is 17.4 Å². The van der Waals surface area contributed by atoms with Crippen molar-refractivity contribution in [2.45, 2.75) is 59.3 Å². The Morgan fingerprint density at radius 3 is 1.88 bits per heavy atom. The molecular weight excluding hydrogens is 334 g/mol. The first-order valence-corrected chi connectivity index (χ1v) is 8.76. The maximum Gasteiger partial charge on any atom is 0.196 e. The number of phenols is 1. The Morgan fingerprint density at radius 2 is 1.48 bits per heavy atom. The molecule has 25 heavy (non-hydrogen) atoms. The van der Waals surface area contributed by atoms with Crippen molar-refractivity contribution in [3.05, 3.63) is 57.4 Å². The lowest BCUT2D eigenvalue weighted by molar-refractivity contribution is 0.103. The molecule has 0 radical (unpaired) electrons. The second kappa shape index (κ2) is 6.45. The minimum absolute atomic E-state index is 0.187. The van der Waals surface area contributed by atoms with Crippen LogP contribution in [-0.4, -0.2) is 15.9 Å². The summed E-state index contributed by atoms with van der Waals surface area (Å²) in [4.78, 5) is 17.2. The molecule has 2 aromatic rings. The normalized spacial score (nSPS) is 12.3. The summed E-state index contributed by atoms with van der Waals surface area (Å²) in [5.74, 6) is 0.0678. The Balaban J connectivity index is 2.71. The third-order valence-electron chi connectivity index (χ3n) is 4.22. The first kappa shape index (κ1) is 19.5. The summed E-state index contributed by atoms with van der Waals surface area (Å²) in [6.07, 6.45) is 0. The third-order valence-corrected chi connectivity index (χ3v) is 4.51. The van der Waals surface area contributed by atoms with Crippen LogP contribution >= 0.6 is 11.6 Å². The first-order valence-electron chi connectivity index (χ1n) is 8.38. The molecule has 0 aliphatic carbocycles. The number of rotatable bonds is 2. The fourth-order valence-electron chi connectivity index (χ4n) is 2.76. The number of aromatic nitrogens is 1. The summed E-state index contributed by atoms with van der Waals surface area (Å²) in [6.45, 7) is 13.9. The molecule has 0 saturated carbocycles. The van der Waals surface area contributed by atoms with Gasteiger partial charge >= 0.3 is 0 Å². The van der Waals surface area contributed by atoms with Gasteiger partial charge in [-0.05, 0) is 42.0 Å². The van der Waals surface area contributed by atoms with E-state index < -0.39 is 0 Å². The van der Waals surface area contributed by atoms with E-state index in [9.17, 15) is 9.90 Å². The lowest BCUT2D eigenvalue weighted by Crippen LogP contribution is -2.19. The molecule has 0 saturated heterocycles. The van der Waals surface area contributed by atoms with Crippen molar-refractivity contribution in [3.63, 3.8) is 0 Å². The molecule has 0 aliphatic rings. The number of pyridine rings is 1. The molecule has 134 valence electrons. The van der Waals surface area contributed by atoms with E-state index in [4.69, 9.17) is 11.6 Å². The zero-order valence-corrected chi connectivity index (χ0v) is 16.7. The molecule has 0 spiro atoms. The molecule has 1 aromatic carbocycles. The van der Waals surface area contributed by atoms with Crippen LogP contribution in [0, 0.1) is 6.92 Å². The number of ketones is 1. The molecule has 2 rings (SSSR count). The number of halogens is 1. The maximum atomic E-state index is 13.0. The van der Waals surface area contributed by atoms with E-state index in [1.54, 1.807) is 24.3 Å². The number of hydrogen-bond acceptors (Lipinski definition) is 3. The maximum absolute atomic E-state index is 13.0. The highest BCUT2D eigenvalue weighted by Gasteiger charge is 2.28. The van der Waals surface area contributed by atoms with Gasteiger partial charge in [-0.2, -0.15) is 0 Å². The number of carbonyl (C=O) groups excluding carboxylic acids is 1. The third kappa shape index (κ3) is 4.04. The second-order valence-electron chi connectivity index (χ2n) is 8.54. The van der Waals surface area contributed by atoms with Crippen molar-refractivity contribution < 1.29 is 9.90 Å². The summed E-state index contributed by atoms with van der Waals surface area (Å²) in [7, 11) is 0. The van der Waals surface area contributed by atoms with Crippen LogP contribution in [0.2, 0.25) is 5.15 Å². The summed E-state index contributed by atoms with van der Waals surface area (Å²) in [5.41, 5.74) is 2.56. The van der Waals surface area contributed by atoms with Gasteiger partial charge < -0.3 is 5.11 Å². The number of nitrogens with zero attached hydrogens (tertiary/aromatic N) is 1. The molecule has 0 amide bonds. The molecule has 1 aromatic heterocycles. The smallest absolute Gasteiger partial charge is 0.196 e. The van der Waals surface area contributed by atoms with Crippen LogP contribution in [-0.2, 0) is 10.8 Å². The van der Waals surface area contributed by atoms with Crippen LogP contribution < -0.4 is 0 Å². The Morgan fingerprint density at radius 1 is 1.00 bits per heavy atom. The Labute approximate surface area is 155 Å². The molecule has 0 fully saturated rings. The van der Waals surface area contributed by atoms with Gasteiger partial charge in [0.1, 0.15) is 10.9 Å². The van der Waals surface area contributed by atoms with Crippen molar-refractivity contribution in [2.24, 2.45) is 0 Å². The van der Waals surface area contributed by atoms with E-state index in [1.807, 2.05) is 48.5 Å². The van der Waals surface area contributed by atoms with Gasteiger partial charge in [0.2, 0.25) is 0 Å². The SMILES string of the molecule is Cc1ccc(C(=O)c2cc(C(C)(C)C)c(O)c(C(C)(C)C)c2)c(Cl)n1. The van der Waals surface area contributed by atoms with Gasteiger partial charge in [0.25, 0.3) is 0 Å². The van der Waals surface area contributed by atoms with Crippen molar-refractivity contribution in [1.29, 1.82) is 0 Å². The highest BCUT2D eigenvalue weighted by molar-refractivity contribution is 6.33. The largest absolute Gasteiger partial charge is 0.507 e. The molecular formula is C21H26ClNO2. The number of aromatic hydroxyl groups is 1. The molecule has 0 atom stereocenters. The average Bonchev–Trinajstić information content (AvgIpc) is 2.44. The van der Waals surface area contributed by atoms with Gasteiger partial charge in [0.05, 0.1) is 5.56 Å². The lowest BCUT2D eigenvalue weighted by Gasteiger charge is -2.28. The predicted molar refractivity (Wildman–Crippen MR) is 103 cm³/mol. The fourth-order valence-corrected chi connectivity index (χ4v) is 3.04. The second-order valence-corrected chi connectivity index (χ2v) is 8.90. The monoisotopic (exact) mass is 359 g/mol. The molecule has 1 N–H and O–H groups in total. The summed E-state index contributed by atoms with van der Waals surface area (Å²) in [6, 6.07) is 7.01. The van der Waals surface area contributed by atoms with Crippen molar-refractivity contribution in [2.75, 3.05) is 0 Å². The van der Waals surface area contributed by atoms with E-state index >= 15 is 0 Å². The van der Waals surface area contributed by atoms with Crippen LogP contribution in [0.3, 0.4) is 0 Å². The van der Waals surface area contributed by atoms with Gasteiger partial charge in [0.15, 0.2) is 5.78 Å². The number of phenolic OH excluding ortho intramolecular Hbond substituents is 1. The first-order chi connectivity index (χ1) is 11.3.